The third-order valence-corrected chi connectivity index (χ3v) is 5.86. The summed E-state index contributed by atoms with van der Waals surface area (Å²) >= 11 is 0. The number of pyridine rings is 2. The first-order valence-corrected chi connectivity index (χ1v) is 10.4. The van der Waals surface area contributed by atoms with Crippen LogP contribution in [0.5, 0.6) is 0 Å². The smallest absolute Gasteiger partial charge is 0.266 e. The minimum absolute atomic E-state index is 0.0210. The zero-order valence-corrected chi connectivity index (χ0v) is 16.9. The van der Waals surface area contributed by atoms with E-state index in [2.05, 4.69) is 20.1 Å². The van der Waals surface area contributed by atoms with Crippen LogP contribution in [0.15, 0.2) is 66.0 Å². The van der Waals surface area contributed by atoms with E-state index < -0.39 is 0 Å². The maximum atomic E-state index is 13.0. The minimum Gasteiger partial charge on any atom is -0.345 e. The molecule has 0 radical (unpaired) electrons. The summed E-state index contributed by atoms with van der Waals surface area (Å²) in [5, 5.41) is 5.40. The molecule has 1 aliphatic rings. The molecule has 0 bridgehead atoms. The van der Waals surface area contributed by atoms with Crippen LogP contribution < -0.4 is 5.56 Å². The topological polar surface area (TPSA) is 96.8 Å². The number of carbonyl (C=O) groups excluding carboxylic acids is 1. The van der Waals surface area contributed by atoms with Crippen molar-refractivity contribution in [1.82, 2.24) is 29.6 Å². The lowest BCUT2D eigenvalue weighted by Gasteiger charge is -2.32. The quantitative estimate of drug-likeness (QED) is 0.554. The summed E-state index contributed by atoms with van der Waals surface area (Å²) in [6, 6.07) is 10.8. The molecule has 156 valence electrons. The van der Waals surface area contributed by atoms with Crippen LogP contribution in [0.25, 0.3) is 22.3 Å². The predicted octanol–water partition coefficient (Wildman–Crippen LogP) is 2.73. The van der Waals surface area contributed by atoms with Gasteiger partial charge < -0.3 is 9.88 Å². The van der Waals surface area contributed by atoms with Gasteiger partial charge in [-0.3, -0.25) is 14.6 Å². The van der Waals surface area contributed by atoms with Gasteiger partial charge in [-0.2, -0.15) is 5.10 Å². The monoisotopic (exact) mass is 414 g/mol. The molecule has 0 spiro atoms. The Kier molecular flexibility index (Phi) is 5.03. The van der Waals surface area contributed by atoms with Crippen molar-refractivity contribution in [3.8, 4) is 11.3 Å². The first kappa shape index (κ1) is 19.2. The Hall–Kier alpha value is -3.81. The average molecular weight is 414 g/mol. The molecule has 4 aromatic heterocycles. The average Bonchev–Trinajstić information content (AvgIpc) is 3.25. The van der Waals surface area contributed by atoms with E-state index in [1.54, 1.807) is 41.6 Å². The predicted molar refractivity (Wildman–Crippen MR) is 116 cm³/mol. The number of likely N-dealkylation sites (tertiary alicyclic amines) is 1. The number of nitrogens with one attached hydrogen (secondary N) is 1. The van der Waals surface area contributed by atoms with Crippen molar-refractivity contribution < 1.29 is 4.79 Å². The molecule has 1 amide bonds. The molecule has 1 N–H and O–H groups in total. The van der Waals surface area contributed by atoms with Crippen LogP contribution in [0.2, 0.25) is 0 Å². The van der Waals surface area contributed by atoms with E-state index in [0.717, 1.165) is 35.1 Å². The van der Waals surface area contributed by atoms with Crippen LogP contribution >= 0.6 is 0 Å². The number of aromatic nitrogens is 5. The van der Waals surface area contributed by atoms with Crippen LogP contribution in [-0.4, -0.2) is 48.6 Å². The molecule has 0 unspecified atom stereocenters. The van der Waals surface area contributed by atoms with Gasteiger partial charge >= 0.3 is 0 Å². The van der Waals surface area contributed by atoms with E-state index in [1.807, 2.05) is 29.2 Å². The van der Waals surface area contributed by atoms with Gasteiger partial charge in [0.05, 0.1) is 11.3 Å². The highest BCUT2D eigenvalue weighted by Crippen LogP contribution is 2.23. The van der Waals surface area contributed by atoms with E-state index in [-0.39, 0.29) is 11.5 Å². The van der Waals surface area contributed by atoms with Gasteiger partial charge in [-0.25, -0.2) is 9.67 Å². The fourth-order valence-electron chi connectivity index (χ4n) is 4.12. The normalized spacial score (nSPS) is 14.8. The summed E-state index contributed by atoms with van der Waals surface area (Å²) in [7, 11) is 0. The maximum Gasteiger partial charge on any atom is 0.266 e. The Morgan fingerprint density at radius 2 is 1.87 bits per heavy atom. The number of rotatable bonds is 4. The second-order valence-corrected chi connectivity index (χ2v) is 7.81. The molecule has 0 saturated carbocycles. The molecule has 5 rings (SSSR count). The summed E-state index contributed by atoms with van der Waals surface area (Å²) in [6.45, 7) is 1.88. The molecule has 8 nitrogen and oxygen atoms in total. The summed E-state index contributed by atoms with van der Waals surface area (Å²) in [5.41, 5.74) is 2.95. The Labute approximate surface area is 178 Å². The first-order chi connectivity index (χ1) is 15.2. The van der Waals surface area contributed by atoms with Crippen LogP contribution in [0.1, 0.15) is 23.2 Å². The van der Waals surface area contributed by atoms with Crippen molar-refractivity contribution in [2.75, 3.05) is 13.1 Å². The van der Waals surface area contributed by atoms with Crippen molar-refractivity contribution in [2.45, 2.75) is 19.4 Å². The summed E-state index contributed by atoms with van der Waals surface area (Å²) in [4.78, 5) is 38.6. The lowest BCUT2D eigenvalue weighted by molar-refractivity contribution is 0.0682. The summed E-state index contributed by atoms with van der Waals surface area (Å²) in [5.74, 6) is 0.319. The van der Waals surface area contributed by atoms with Gasteiger partial charge in [-0.1, -0.05) is 0 Å². The van der Waals surface area contributed by atoms with Crippen LogP contribution in [0.3, 0.4) is 0 Å². The molecule has 4 aromatic rings. The zero-order chi connectivity index (χ0) is 21.2. The lowest BCUT2D eigenvalue weighted by Crippen LogP contribution is -2.40. The van der Waals surface area contributed by atoms with Crippen molar-refractivity contribution in [2.24, 2.45) is 5.92 Å². The number of H-pyrrole nitrogens is 1. The molecule has 0 atom stereocenters. The Balaban J connectivity index is 1.26. The van der Waals surface area contributed by atoms with E-state index in [4.69, 9.17) is 0 Å². The maximum absolute atomic E-state index is 13.0. The van der Waals surface area contributed by atoms with Crippen molar-refractivity contribution in [3.05, 3.63) is 77.1 Å². The van der Waals surface area contributed by atoms with Crippen molar-refractivity contribution >= 4 is 16.9 Å². The number of hydrogen-bond acceptors (Lipinski definition) is 5. The van der Waals surface area contributed by atoms with Crippen LogP contribution in [0, 0.1) is 5.92 Å². The third kappa shape index (κ3) is 3.84. The second-order valence-electron chi connectivity index (χ2n) is 7.81. The van der Waals surface area contributed by atoms with Gasteiger partial charge in [-0.05, 0) is 49.1 Å². The Morgan fingerprint density at radius 3 is 2.68 bits per heavy atom. The van der Waals surface area contributed by atoms with E-state index in [0.29, 0.717) is 31.1 Å². The third-order valence-electron chi connectivity index (χ3n) is 5.86. The van der Waals surface area contributed by atoms with Gasteiger partial charge in [0.2, 0.25) is 0 Å². The minimum atomic E-state index is -0.109. The fourth-order valence-corrected chi connectivity index (χ4v) is 4.12. The highest BCUT2D eigenvalue weighted by molar-refractivity contribution is 6.05. The number of nitrogens with zero attached hydrogens (tertiary/aromatic N) is 5. The Morgan fingerprint density at radius 1 is 1.06 bits per heavy atom. The number of carbonyl (C=O) groups is 1. The SMILES string of the molecule is O=C(c1c[nH]c2ncccc12)N1CCC(Cn2nc(-c3ccncc3)ccc2=O)CC1. The lowest BCUT2D eigenvalue weighted by atomic mass is 9.96. The number of amides is 1. The van der Waals surface area contributed by atoms with E-state index in [1.165, 1.54) is 0 Å². The number of hydrogen-bond donors (Lipinski definition) is 1. The van der Waals surface area contributed by atoms with Gasteiger partial charge in [0, 0.05) is 61.4 Å². The van der Waals surface area contributed by atoms with Crippen molar-refractivity contribution in [1.29, 1.82) is 0 Å². The van der Waals surface area contributed by atoms with Crippen LogP contribution in [-0.2, 0) is 6.54 Å². The summed E-state index contributed by atoms with van der Waals surface area (Å²) in [6.07, 6.45) is 8.53. The number of piperidine rings is 1. The first-order valence-electron chi connectivity index (χ1n) is 10.4. The second kappa shape index (κ2) is 8.14. The van der Waals surface area contributed by atoms with Crippen molar-refractivity contribution in [3.63, 3.8) is 0 Å². The number of fused-ring (bicyclic) bond motifs is 1. The van der Waals surface area contributed by atoms with E-state index in [9.17, 15) is 9.59 Å². The molecule has 0 aromatic carbocycles. The molecular formula is C23H22N6O2. The molecule has 5 heterocycles. The standard InChI is InChI=1S/C23H22N6O2/c30-21-4-3-20(17-5-10-24-11-6-17)27-29(21)15-16-7-12-28(13-8-16)23(31)19-14-26-22-18(19)2-1-9-25-22/h1-6,9-11,14,16H,7-8,12-13,15H2,(H,25,26). The molecule has 1 aliphatic heterocycles. The fraction of sp³-hybridized carbons (Fsp3) is 0.261. The van der Waals surface area contributed by atoms with Crippen LogP contribution in [0.4, 0.5) is 0 Å². The van der Waals surface area contributed by atoms with E-state index >= 15 is 0 Å². The van der Waals surface area contributed by atoms with Gasteiger partial charge in [-0.15, -0.1) is 0 Å². The molecular weight excluding hydrogens is 392 g/mol. The van der Waals surface area contributed by atoms with Gasteiger partial charge in [0.1, 0.15) is 5.65 Å². The zero-order valence-electron chi connectivity index (χ0n) is 16.9. The summed E-state index contributed by atoms with van der Waals surface area (Å²) < 4.78 is 1.54. The molecule has 8 heteroatoms. The largest absolute Gasteiger partial charge is 0.345 e. The molecule has 1 fully saturated rings. The van der Waals surface area contributed by atoms with Gasteiger partial charge in [0.25, 0.3) is 11.5 Å². The highest BCUT2D eigenvalue weighted by atomic mass is 16.2. The molecule has 1 saturated heterocycles. The highest BCUT2D eigenvalue weighted by Gasteiger charge is 2.26. The molecule has 31 heavy (non-hydrogen) atoms. The number of aromatic amines is 1. The molecule has 0 aliphatic carbocycles. The van der Waals surface area contributed by atoms with Gasteiger partial charge in [0.15, 0.2) is 0 Å². The Bertz CT molecular complexity index is 1270.